The van der Waals surface area contributed by atoms with E-state index >= 15 is 0 Å². The first-order chi connectivity index (χ1) is 18.4. The van der Waals surface area contributed by atoms with E-state index in [2.05, 4.69) is 54.1 Å². The van der Waals surface area contributed by atoms with Gasteiger partial charge in [0, 0.05) is 19.5 Å². The van der Waals surface area contributed by atoms with Gasteiger partial charge in [-0.1, -0.05) is 50.2 Å². The van der Waals surface area contributed by atoms with Crippen LogP contribution >= 0.6 is 0 Å². The number of carbonyl (C=O) groups excluding carboxylic acids is 1. The second kappa shape index (κ2) is 13.1. The number of amides is 1. The van der Waals surface area contributed by atoms with Crippen molar-refractivity contribution in [2.75, 3.05) is 19.8 Å². The van der Waals surface area contributed by atoms with Crippen LogP contribution in [0.25, 0.3) is 11.0 Å². The minimum atomic E-state index is -0.132. The quantitative estimate of drug-likeness (QED) is 0.211. The number of carbonyl (C=O) groups is 1. The average molecular weight is 514 g/mol. The molecule has 3 aromatic carbocycles. The third-order valence-electron chi connectivity index (χ3n) is 6.70. The zero-order valence-corrected chi connectivity index (χ0v) is 23.0. The van der Waals surface area contributed by atoms with Crippen LogP contribution in [0.15, 0.2) is 66.7 Å². The van der Waals surface area contributed by atoms with E-state index in [1.807, 2.05) is 50.2 Å². The molecule has 38 heavy (non-hydrogen) atoms. The van der Waals surface area contributed by atoms with E-state index in [4.69, 9.17) is 14.5 Å². The van der Waals surface area contributed by atoms with E-state index in [-0.39, 0.29) is 12.5 Å². The van der Waals surface area contributed by atoms with Crippen molar-refractivity contribution in [3.05, 3.63) is 89.2 Å². The van der Waals surface area contributed by atoms with Gasteiger partial charge < -0.3 is 19.4 Å². The number of imidazole rings is 1. The van der Waals surface area contributed by atoms with E-state index < -0.39 is 0 Å². The van der Waals surface area contributed by atoms with Crippen LogP contribution in [0.4, 0.5) is 0 Å². The van der Waals surface area contributed by atoms with E-state index in [1.165, 1.54) is 5.56 Å². The second-order valence-corrected chi connectivity index (χ2v) is 10.1. The Morgan fingerprint density at radius 1 is 0.974 bits per heavy atom. The van der Waals surface area contributed by atoms with Crippen LogP contribution in [0.1, 0.15) is 55.1 Å². The lowest BCUT2D eigenvalue weighted by Gasteiger charge is -2.12. The molecule has 1 aromatic heterocycles. The van der Waals surface area contributed by atoms with E-state index in [9.17, 15) is 4.79 Å². The van der Waals surface area contributed by atoms with Crippen LogP contribution in [0.5, 0.6) is 11.5 Å². The molecular weight excluding hydrogens is 474 g/mol. The Kier molecular flexibility index (Phi) is 9.41. The molecule has 0 aliphatic carbocycles. The van der Waals surface area contributed by atoms with Crippen LogP contribution in [0.2, 0.25) is 0 Å². The monoisotopic (exact) mass is 513 g/mol. The summed E-state index contributed by atoms with van der Waals surface area (Å²) in [5, 5.41) is 2.98. The summed E-state index contributed by atoms with van der Waals surface area (Å²) in [7, 11) is 0. The summed E-state index contributed by atoms with van der Waals surface area (Å²) in [6.45, 7) is 10.4. The van der Waals surface area contributed by atoms with Crippen LogP contribution in [0.3, 0.4) is 0 Å². The average Bonchev–Trinajstić information content (AvgIpc) is 3.26. The molecule has 0 bridgehead atoms. The highest BCUT2D eigenvalue weighted by Gasteiger charge is 2.11. The van der Waals surface area contributed by atoms with Gasteiger partial charge in [0.2, 0.25) is 0 Å². The summed E-state index contributed by atoms with van der Waals surface area (Å²) in [6.07, 6.45) is 2.58. The number of unbranched alkanes of at least 4 members (excludes halogenated alkanes) is 1. The molecule has 0 atom stereocenters. The number of para-hydroxylation sites is 2. The number of aromatic nitrogens is 2. The number of fused-ring (bicyclic) bond motifs is 1. The molecule has 1 heterocycles. The van der Waals surface area contributed by atoms with Gasteiger partial charge in [-0.25, -0.2) is 4.98 Å². The Hall–Kier alpha value is -3.80. The number of ether oxygens (including phenoxy) is 2. The first kappa shape index (κ1) is 27.2. The SMILES string of the molecule is Cc1ccc(C)c(OCC(=O)NCCc2nc3ccccc3n2CCCCOc2ccc(C(C)C)cc2)c1. The Morgan fingerprint density at radius 2 is 1.76 bits per heavy atom. The summed E-state index contributed by atoms with van der Waals surface area (Å²) in [5.41, 5.74) is 5.55. The molecule has 1 amide bonds. The van der Waals surface area contributed by atoms with Gasteiger partial charge in [-0.2, -0.15) is 0 Å². The molecule has 4 rings (SSSR count). The number of nitrogens with zero attached hydrogens (tertiary/aromatic N) is 2. The van der Waals surface area contributed by atoms with Gasteiger partial charge in [0.05, 0.1) is 17.6 Å². The molecular formula is C32H39N3O3. The normalized spacial score (nSPS) is 11.2. The van der Waals surface area contributed by atoms with E-state index in [1.54, 1.807) is 0 Å². The Balaban J connectivity index is 1.26. The number of aryl methyl sites for hydroxylation is 3. The lowest BCUT2D eigenvalue weighted by atomic mass is 10.0. The minimum Gasteiger partial charge on any atom is -0.494 e. The summed E-state index contributed by atoms with van der Waals surface area (Å²) in [4.78, 5) is 17.2. The van der Waals surface area contributed by atoms with Crippen molar-refractivity contribution in [2.24, 2.45) is 0 Å². The number of nitrogens with one attached hydrogen (secondary N) is 1. The molecule has 6 nitrogen and oxygen atoms in total. The smallest absolute Gasteiger partial charge is 0.257 e. The Morgan fingerprint density at radius 3 is 2.55 bits per heavy atom. The maximum Gasteiger partial charge on any atom is 0.257 e. The first-order valence-corrected chi connectivity index (χ1v) is 13.5. The molecule has 1 N–H and O–H groups in total. The molecule has 0 saturated carbocycles. The zero-order chi connectivity index (χ0) is 26.9. The topological polar surface area (TPSA) is 65.4 Å². The van der Waals surface area contributed by atoms with Gasteiger partial charge in [-0.15, -0.1) is 0 Å². The van der Waals surface area contributed by atoms with Crippen LogP contribution in [-0.4, -0.2) is 35.2 Å². The number of hydrogen-bond donors (Lipinski definition) is 1. The number of rotatable bonds is 13. The highest BCUT2D eigenvalue weighted by atomic mass is 16.5. The summed E-state index contributed by atoms with van der Waals surface area (Å²) in [6, 6.07) is 22.6. The molecule has 0 fully saturated rings. The van der Waals surface area contributed by atoms with Crippen LogP contribution < -0.4 is 14.8 Å². The lowest BCUT2D eigenvalue weighted by molar-refractivity contribution is -0.123. The fraction of sp³-hybridized carbons (Fsp3) is 0.375. The molecule has 0 unspecified atom stereocenters. The molecule has 0 saturated heterocycles. The third kappa shape index (κ3) is 7.37. The molecule has 0 spiro atoms. The molecule has 200 valence electrons. The van der Waals surface area contributed by atoms with Gasteiger partial charge in [0.15, 0.2) is 6.61 Å². The first-order valence-electron chi connectivity index (χ1n) is 13.5. The van der Waals surface area contributed by atoms with Crippen molar-refractivity contribution in [1.82, 2.24) is 14.9 Å². The van der Waals surface area contributed by atoms with Crippen molar-refractivity contribution >= 4 is 16.9 Å². The third-order valence-corrected chi connectivity index (χ3v) is 6.70. The van der Waals surface area contributed by atoms with Gasteiger partial charge in [0.25, 0.3) is 5.91 Å². The predicted octanol–water partition coefficient (Wildman–Crippen LogP) is 6.37. The van der Waals surface area contributed by atoms with Crippen LogP contribution in [-0.2, 0) is 17.8 Å². The maximum atomic E-state index is 12.4. The van der Waals surface area contributed by atoms with Crippen molar-refractivity contribution in [3.63, 3.8) is 0 Å². The second-order valence-electron chi connectivity index (χ2n) is 10.1. The molecule has 6 heteroatoms. The van der Waals surface area contributed by atoms with Crippen LogP contribution in [0, 0.1) is 13.8 Å². The molecule has 0 aliphatic heterocycles. The predicted molar refractivity (Wildman–Crippen MR) is 153 cm³/mol. The summed E-state index contributed by atoms with van der Waals surface area (Å²) < 4.78 is 14.0. The molecule has 0 aliphatic rings. The van der Waals surface area contributed by atoms with Crippen molar-refractivity contribution in [1.29, 1.82) is 0 Å². The summed E-state index contributed by atoms with van der Waals surface area (Å²) >= 11 is 0. The number of hydrogen-bond acceptors (Lipinski definition) is 4. The van der Waals surface area contributed by atoms with E-state index in [0.29, 0.717) is 25.5 Å². The van der Waals surface area contributed by atoms with Crippen molar-refractivity contribution < 1.29 is 14.3 Å². The van der Waals surface area contributed by atoms with Gasteiger partial charge in [-0.3, -0.25) is 4.79 Å². The highest BCUT2D eigenvalue weighted by molar-refractivity contribution is 5.78. The Labute approximate surface area is 226 Å². The standard InChI is InChI=1S/C32H39N3O3/c1-23(2)26-13-15-27(16-14-26)37-20-8-7-19-35-29-10-6-5-9-28(29)34-31(35)17-18-33-32(36)22-38-30-21-24(3)11-12-25(30)4/h5-6,9-16,21,23H,7-8,17-20,22H2,1-4H3,(H,33,36). The minimum absolute atomic E-state index is 0.000899. The van der Waals surface area contributed by atoms with E-state index in [0.717, 1.165) is 58.9 Å². The fourth-order valence-corrected chi connectivity index (χ4v) is 4.45. The molecule has 0 radical (unpaired) electrons. The maximum absolute atomic E-state index is 12.4. The zero-order valence-electron chi connectivity index (χ0n) is 23.0. The highest BCUT2D eigenvalue weighted by Crippen LogP contribution is 2.21. The van der Waals surface area contributed by atoms with Gasteiger partial charge in [0.1, 0.15) is 17.3 Å². The van der Waals surface area contributed by atoms with Crippen molar-refractivity contribution in [3.8, 4) is 11.5 Å². The molecule has 4 aromatic rings. The van der Waals surface area contributed by atoms with Crippen molar-refractivity contribution in [2.45, 2.75) is 59.4 Å². The lowest BCUT2D eigenvalue weighted by Crippen LogP contribution is -2.31. The Bertz CT molecular complexity index is 1340. The summed E-state index contributed by atoms with van der Waals surface area (Å²) in [5.74, 6) is 3.03. The fourth-order valence-electron chi connectivity index (χ4n) is 4.45. The largest absolute Gasteiger partial charge is 0.494 e. The number of benzene rings is 3. The van der Waals surface area contributed by atoms with Gasteiger partial charge in [-0.05, 0) is 79.6 Å². The van der Waals surface area contributed by atoms with Gasteiger partial charge >= 0.3 is 0 Å².